The van der Waals surface area contributed by atoms with Gasteiger partial charge in [0.15, 0.2) is 0 Å². The highest BCUT2D eigenvalue weighted by Gasteiger charge is 2.17. The van der Waals surface area contributed by atoms with Crippen LogP contribution in [0.1, 0.15) is 36.5 Å². The van der Waals surface area contributed by atoms with Gasteiger partial charge in [-0.2, -0.15) is 0 Å². The molecule has 1 heterocycles. The molecule has 0 amide bonds. The minimum atomic E-state index is 0.703. The van der Waals surface area contributed by atoms with Crippen LogP contribution in [-0.2, 0) is 6.54 Å². The number of nitrogens with zero attached hydrogens (tertiary/aromatic N) is 1. The molecule has 1 aliphatic heterocycles. The molecule has 0 bridgehead atoms. The molecule has 1 saturated heterocycles. The summed E-state index contributed by atoms with van der Waals surface area (Å²) in [5, 5.41) is 3.59. The van der Waals surface area contributed by atoms with Gasteiger partial charge in [-0.05, 0) is 56.5 Å². The van der Waals surface area contributed by atoms with Crippen LogP contribution in [0, 0.1) is 13.8 Å². The number of aryl methyl sites for hydroxylation is 2. The summed E-state index contributed by atoms with van der Waals surface area (Å²) in [6.45, 7) is 11.3. The Morgan fingerprint density at radius 1 is 1.28 bits per heavy atom. The largest absolute Gasteiger partial charge is 0.313 e. The van der Waals surface area contributed by atoms with Gasteiger partial charge in [0.25, 0.3) is 0 Å². The van der Waals surface area contributed by atoms with Crippen LogP contribution in [0.4, 0.5) is 0 Å². The van der Waals surface area contributed by atoms with E-state index in [1.807, 2.05) is 0 Å². The summed E-state index contributed by atoms with van der Waals surface area (Å²) in [6, 6.07) is 7.31. The summed E-state index contributed by atoms with van der Waals surface area (Å²) in [6.07, 6.45) is 2.68. The van der Waals surface area contributed by atoms with Gasteiger partial charge >= 0.3 is 0 Å². The van der Waals surface area contributed by atoms with E-state index < -0.39 is 0 Å². The van der Waals surface area contributed by atoms with E-state index in [-0.39, 0.29) is 0 Å². The van der Waals surface area contributed by atoms with Crippen molar-refractivity contribution in [3.05, 3.63) is 34.9 Å². The fourth-order valence-corrected chi connectivity index (χ4v) is 2.85. The Morgan fingerprint density at radius 2 is 2.00 bits per heavy atom. The molecule has 1 fully saturated rings. The minimum Gasteiger partial charge on any atom is -0.313 e. The molecule has 18 heavy (non-hydrogen) atoms. The van der Waals surface area contributed by atoms with Crippen LogP contribution in [-0.4, -0.2) is 30.6 Å². The van der Waals surface area contributed by atoms with E-state index >= 15 is 0 Å². The summed E-state index contributed by atoms with van der Waals surface area (Å²) in [4.78, 5) is 2.57. The Labute approximate surface area is 111 Å². The van der Waals surface area contributed by atoms with E-state index in [9.17, 15) is 0 Å². The van der Waals surface area contributed by atoms with Crippen LogP contribution in [0.2, 0.25) is 0 Å². The highest BCUT2D eigenvalue weighted by molar-refractivity contribution is 5.33. The molecule has 1 unspecified atom stereocenters. The second-order valence-electron chi connectivity index (χ2n) is 5.49. The van der Waals surface area contributed by atoms with Gasteiger partial charge in [0.2, 0.25) is 0 Å². The van der Waals surface area contributed by atoms with Crippen LogP contribution in [0.25, 0.3) is 0 Å². The van der Waals surface area contributed by atoms with Crippen LogP contribution >= 0.6 is 0 Å². The molecule has 2 nitrogen and oxygen atoms in total. The monoisotopic (exact) mass is 246 g/mol. The molecule has 1 aromatic rings. The van der Waals surface area contributed by atoms with Crippen LogP contribution < -0.4 is 5.32 Å². The van der Waals surface area contributed by atoms with Crippen molar-refractivity contribution < 1.29 is 0 Å². The zero-order valence-corrected chi connectivity index (χ0v) is 12.0. The molecular weight excluding hydrogens is 220 g/mol. The van der Waals surface area contributed by atoms with Crippen molar-refractivity contribution in [1.82, 2.24) is 10.2 Å². The first kappa shape index (κ1) is 13.6. The fraction of sp³-hybridized carbons (Fsp3) is 0.625. The number of hydrogen-bond donors (Lipinski definition) is 1. The van der Waals surface area contributed by atoms with Crippen molar-refractivity contribution >= 4 is 0 Å². The second kappa shape index (κ2) is 6.35. The first-order valence-electron chi connectivity index (χ1n) is 7.21. The van der Waals surface area contributed by atoms with Crippen LogP contribution in [0.3, 0.4) is 0 Å². The van der Waals surface area contributed by atoms with E-state index in [4.69, 9.17) is 0 Å². The third-order valence-corrected chi connectivity index (χ3v) is 4.11. The maximum atomic E-state index is 3.59. The number of likely N-dealkylation sites (N-methyl/N-ethyl adjacent to an activating group) is 1. The van der Waals surface area contributed by atoms with Crippen molar-refractivity contribution in [2.45, 2.75) is 46.2 Å². The molecule has 0 aromatic heterocycles. The molecule has 0 spiro atoms. The molecular formula is C16H26N2. The maximum Gasteiger partial charge on any atom is 0.0239 e. The molecule has 1 aliphatic rings. The Bertz CT molecular complexity index is 360. The fourth-order valence-electron chi connectivity index (χ4n) is 2.85. The number of nitrogens with one attached hydrogen (secondary N) is 1. The lowest BCUT2D eigenvalue weighted by Gasteiger charge is -2.25. The smallest absolute Gasteiger partial charge is 0.0239 e. The Kier molecular flexibility index (Phi) is 4.79. The first-order valence-corrected chi connectivity index (χ1v) is 7.21. The average Bonchev–Trinajstić information content (AvgIpc) is 2.85. The average molecular weight is 246 g/mol. The predicted molar refractivity (Wildman–Crippen MR) is 77.9 cm³/mol. The minimum absolute atomic E-state index is 0.703. The summed E-state index contributed by atoms with van der Waals surface area (Å²) >= 11 is 0. The highest BCUT2D eigenvalue weighted by atomic mass is 15.1. The molecule has 0 radical (unpaired) electrons. The predicted octanol–water partition coefficient (Wildman–Crippen LogP) is 2.88. The van der Waals surface area contributed by atoms with Gasteiger partial charge in [-0.25, -0.2) is 0 Å². The van der Waals surface area contributed by atoms with Gasteiger partial charge in [-0.3, -0.25) is 4.90 Å². The lowest BCUT2D eigenvalue weighted by molar-refractivity contribution is 0.252. The maximum absolute atomic E-state index is 3.59. The van der Waals surface area contributed by atoms with Gasteiger partial charge in [0.05, 0.1) is 0 Å². The van der Waals surface area contributed by atoms with Crippen molar-refractivity contribution in [1.29, 1.82) is 0 Å². The molecule has 1 atom stereocenters. The van der Waals surface area contributed by atoms with Crippen molar-refractivity contribution in [3.8, 4) is 0 Å². The van der Waals surface area contributed by atoms with Crippen LogP contribution in [0.5, 0.6) is 0 Å². The quantitative estimate of drug-likeness (QED) is 0.859. The Balaban J connectivity index is 2.00. The number of hydrogen-bond acceptors (Lipinski definition) is 2. The summed E-state index contributed by atoms with van der Waals surface area (Å²) in [5.41, 5.74) is 4.36. The third kappa shape index (κ3) is 3.33. The highest BCUT2D eigenvalue weighted by Crippen LogP contribution is 2.17. The van der Waals surface area contributed by atoms with E-state index in [2.05, 4.69) is 49.2 Å². The molecule has 0 saturated carbocycles. The summed E-state index contributed by atoms with van der Waals surface area (Å²) < 4.78 is 0. The van der Waals surface area contributed by atoms with Gasteiger partial charge in [0.1, 0.15) is 0 Å². The second-order valence-corrected chi connectivity index (χ2v) is 5.49. The summed E-state index contributed by atoms with van der Waals surface area (Å²) in [7, 11) is 0. The molecule has 0 aliphatic carbocycles. The first-order chi connectivity index (χ1) is 8.70. The Morgan fingerprint density at radius 3 is 2.56 bits per heavy atom. The topological polar surface area (TPSA) is 15.3 Å². The van der Waals surface area contributed by atoms with Gasteiger partial charge < -0.3 is 5.32 Å². The molecule has 100 valence electrons. The lowest BCUT2D eigenvalue weighted by atomic mass is 10.0. The van der Waals surface area contributed by atoms with E-state index in [1.54, 1.807) is 0 Å². The zero-order valence-electron chi connectivity index (χ0n) is 12.0. The molecule has 2 heteroatoms. The van der Waals surface area contributed by atoms with E-state index in [0.29, 0.717) is 6.04 Å². The van der Waals surface area contributed by atoms with Gasteiger partial charge in [0, 0.05) is 19.1 Å². The number of benzene rings is 1. The Hall–Kier alpha value is -0.860. The van der Waals surface area contributed by atoms with Crippen molar-refractivity contribution in [2.24, 2.45) is 0 Å². The van der Waals surface area contributed by atoms with E-state index in [1.165, 1.54) is 42.6 Å². The zero-order chi connectivity index (χ0) is 13.0. The molecule has 1 aromatic carbocycles. The SMILES string of the molecule is CCN(Cc1c(C)cccc1C)CC1CCCN1. The number of rotatable bonds is 5. The summed E-state index contributed by atoms with van der Waals surface area (Å²) in [5.74, 6) is 0. The van der Waals surface area contributed by atoms with Crippen molar-refractivity contribution in [2.75, 3.05) is 19.6 Å². The third-order valence-electron chi connectivity index (χ3n) is 4.11. The molecule has 1 N–H and O–H groups in total. The normalized spacial score (nSPS) is 19.7. The van der Waals surface area contributed by atoms with Gasteiger partial charge in [-0.15, -0.1) is 0 Å². The van der Waals surface area contributed by atoms with Crippen molar-refractivity contribution in [3.63, 3.8) is 0 Å². The molecule has 2 rings (SSSR count). The van der Waals surface area contributed by atoms with Gasteiger partial charge in [-0.1, -0.05) is 25.1 Å². The standard InChI is InChI=1S/C16H26N2/c1-4-18(11-15-9-6-10-17-15)12-16-13(2)7-5-8-14(16)3/h5,7-8,15,17H,4,6,9-12H2,1-3H3. The van der Waals surface area contributed by atoms with E-state index in [0.717, 1.165) is 13.1 Å². The lowest BCUT2D eigenvalue weighted by Crippen LogP contribution is -2.37. The van der Waals surface area contributed by atoms with Crippen LogP contribution in [0.15, 0.2) is 18.2 Å².